The van der Waals surface area contributed by atoms with E-state index in [9.17, 15) is 9.18 Å². The molecule has 1 amide bonds. The molecule has 5 rings (SSSR count). The summed E-state index contributed by atoms with van der Waals surface area (Å²) in [6.07, 6.45) is 3.24. The van der Waals surface area contributed by atoms with Gasteiger partial charge in [0.2, 0.25) is 0 Å². The Balaban J connectivity index is 1.29. The fourth-order valence-corrected chi connectivity index (χ4v) is 3.83. The zero-order chi connectivity index (χ0) is 26.6. The van der Waals surface area contributed by atoms with Gasteiger partial charge in [-0.05, 0) is 73.2 Å². The van der Waals surface area contributed by atoms with Crippen LogP contribution in [0.1, 0.15) is 15.9 Å². The number of aromatic nitrogens is 3. The highest BCUT2D eigenvalue weighted by atomic mass is 19.1. The van der Waals surface area contributed by atoms with Crippen molar-refractivity contribution in [2.45, 2.75) is 6.92 Å². The zero-order valence-corrected chi connectivity index (χ0v) is 21.1. The minimum atomic E-state index is -0.488. The molecule has 3 aromatic carbocycles. The number of anilines is 4. The van der Waals surface area contributed by atoms with Gasteiger partial charge < -0.3 is 20.3 Å². The van der Waals surface area contributed by atoms with Gasteiger partial charge in [0.05, 0.1) is 17.4 Å². The Labute approximate surface area is 219 Å². The van der Waals surface area contributed by atoms with E-state index in [1.807, 2.05) is 50.2 Å². The molecular weight excluding hydrogens is 483 g/mol. The fraction of sp³-hybridized carbons (Fsp3) is 0.103. The second-order valence-electron chi connectivity index (χ2n) is 8.84. The highest BCUT2D eigenvalue weighted by molar-refractivity contribution is 6.04. The Morgan fingerprint density at radius 1 is 0.947 bits per heavy atom. The minimum Gasteiger partial charge on any atom is -0.457 e. The average molecular weight is 509 g/mol. The molecule has 0 aliphatic carbocycles. The number of nitrogens with zero attached hydrogens (tertiary/aromatic N) is 4. The van der Waals surface area contributed by atoms with Gasteiger partial charge in [-0.15, -0.1) is 0 Å². The molecule has 190 valence electrons. The van der Waals surface area contributed by atoms with E-state index in [1.165, 1.54) is 18.5 Å². The second-order valence-corrected chi connectivity index (χ2v) is 8.84. The van der Waals surface area contributed by atoms with Crippen LogP contribution in [0.15, 0.2) is 85.3 Å². The molecule has 0 aliphatic heterocycles. The van der Waals surface area contributed by atoms with Crippen LogP contribution in [-0.4, -0.2) is 35.0 Å². The summed E-state index contributed by atoms with van der Waals surface area (Å²) >= 11 is 0. The molecule has 2 N–H and O–H groups in total. The van der Waals surface area contributed by atoms with E-state index < -0.39 is 11.7 Å². The Kier molecular flexibility index (Phi) is 6.82. The van der Waals surface area contributed by atoms with Gasteiger partial charge in [-0.1, -0.05) is 12.1 Å². The highest BCUT2D eigenvalue weighted by Gasteiger charge is 2.11. The number of hydrogen-bond acceptors (Lipinski definition) is 7. The predicted molar refractivity (Wildman–Crippen MR) is 147 cm³/mol. The quantitative estimate of drug-likeness (QED) is 0.266. The van der Waals surface area contributed by atoms with E-state index in [4.69, 9.17) is 4.74 Å². The predicted octanol–water partition coefficient (Wildman–Crippen LogP) is 6.33. The lowest BCUT2D eigenvalue weighted by molar-refractivity contribution is 0.102. The van der Waals surface area contributed by atoms with Crippen LogP contribution in [0.5, 0.6) is 11.5 Å². The van der Waals surface area contributed by atoms with Gasteiger partial charge in [0.1, 0.15) is 35.3 Å². The van der Waals surface area contributed by atoms with Gasteiger partial charge in [-0.2, -0.15) is 0 Å². The third-order valence-corrected chi connectivity index (χ3v) is 5.87. The topological polar surface area (TPSA) is 92.3 Å². The Morgan fingerprint density at radius 3 is 2.47 bits per heavy atom. The summed E-state index contributed by atoms with van der Waals surface area (Å²) in [6.45, 7) is 1.95. The standard InChI is InChI=1S/C29H25FN6O2/c1-18-14-20(34-28-22-15-27(36(2)3)31-16-25(22)32-17-33-28)10-13-26(18)38-21-11-8-19(9-12-21)29(37)35-24-7-5-4-6-23(24)30/h4-17H,1-3H3,(H,35,37)(H,32,33,34). The largest absolute Gasteiger partial charge is 0.457 e. The van der Waals surface area contributed by atoms with Crippen molar-refractivity contribution in [3.05, 3.63) is 102 Å². The van der Waals surface area contributed by atoms with Gasteiger partial charge in [0.25, 0.3) is 5.91 Å². The molecule has 0 spiro atoms. The van der Waals surface area contributed by atoms with Crippen LogP contribution in [0.2, 0.25) is 0 Å². The zero-order valence-electron chi connectivity index (χ0n) is 21.1. The SMILES string of the molecule is Cc1cc(Nc2ncnc3cnc(N(C)C)cc23)ccc1Oc1ccc(C(=O)Nc2ccccc2F)cc1. The van der Waals surface area contributed by atoms with E-state index in [2.05, 4.69) is 25.6 Å². The molecule has 0 bridgehead atoms. The number of pyridine rings is 1. The summed E-state index contributed by atoms with van der Waals surface area (Å²) in [7, 11) is 3.86. The molecule has 0 saturated carbocycles. The van der Waals surface area contributed by atoms with Crippen molar-refractivity contribution >= 4 is 39.8 Å². The van der Waals surface area contributed by atoms with Crippen molar-refractivity contribution in [2.75, 3.05) is 29.6 Å². The first-order valence-electron chi connectivity index (χ1n) is 11.9. The van der Waals surface area contributed by atoms with Gasteiger partial charge in [0.15, 0.2) is 0 Å². The number of hydrogen-bond donors (Lipinski definition) is 2. The summed E-state index contributed by atoms with van der Waals surface area (Å²) in [5.41, 5.74) is 3.02. The number of fused-ring (bicyclic) bond motifs is 1. The number of amides is 1. The van der Waals surface area contributed by atoms with Crippen LogP contribution in [-0.2, 0) is 0 Å². The van der Waals surface area contributed by atoms with Crippen LogP contribution in [0.3, 0.4) is 0 Å². The monoisotopic (exact) mass is 508 g/mol. The second kappa shape index (κ2) is 10.5. The van der Waals surface area contributed by atoms with Crippen molar-refractivity contribution < 1.29 is 13.9 Å². The summed E-state index contributed by atoms with van der Waals surface area (Å²) in [6, 6.07) is 20.4. The molecule has 38 heavy (non-hydrogen) atoms. The number of benzene rings is 3. The summed E-state index contributed by atoms with van der Waals surface area (Å²) in [5.74, 6) is 1.84. The molecule has 2 aromatic heterocycles. The van der Waals surface area contributed by atoms with Crippen molar-refractivity contribution in [1.29, 1.82) is 0 Å². The molecule has 0 radical (unpaired) electrons. The van der Waals surface area contributed by atoms with Gasteiger partial charge in [0, 0.05) is 30.7 Å². The molecule has 8 nitrogen and oxygen atoms in total. The van der Waals surface area contributed by atoms with Gasteiger partial charge in [-0.3, -0.25) is 4.79 Å². The van der Waals surface area contributed by atoms with E-state index in [0.717, 1.165) is 28.0 Å². The van der Waals surface area contributed by atoms with Crippen molar-refractivity contribution in [1.82, 2.24) is 15.0 Å². The minimum absolute atomic E-state index is 0.131. The Bertz CT molecular complexity index is 1620. The van der Waals surface area contributed by atoms with Crippen LogP contribution >= 0.6 is 0 Å². The molecular formula is C29H25FN6O2. The van der Waals surface area contributed by atoms with Crippen molar-refractivity contribution in [3.63, 3.8) is 0 Å². The number of aryl methyl sites for hydroxylation is 1. The molecule has 0 saturated heterocycles. The number of carbonyl (C=O) groups excluding carboxylic acids is 1. The van der Waals surface area contributed by atoms with Gasteiger partial charge >= 0.3 is 0 Å². The molecule has 0 fully saturated rings. The van der Waals surface area contributed by atoms with Crippen molar-refractivity contribution in [3.8, 4) is 11.5 Å². The smallest absolute Gasteiger partial charge is 0.255 e. The summed E-state index contributed by atoms with van der Waals surface area (Å²) in [4.78, 5) is 27.5. The maximum Gasteiger partial charge on any atom is 0.255 e. The first kappa shape index (κ1) is 24.6. The van der Waals surface area contributed by atoms with Crippen LogP contribution in [0.4, 0.5) is 27.4 Å². The number of para-hydroxylation sites is 1. The summed E-state index contributed by atoms with van der Waals surface area (Å²) in [5, 5.41) is 6.80. The first-order chi connectivity index (χ1) is 18.4. The number of ether oxygens (including phenoxy) is 1. The Morgan fingerprint density at radius 2 is 1.74 bits per heavy atom. The summed E-state index contributed by atoms with van der Waals surface area (Å²) < 4.78 is 19.9. The third kappa shape index (κ3) is 5.36. The molecule has 0 aliphatic rings. The molecule has 9 heteroatoms. The first-order valence-corrected chi connectivity index (χ1v) is 11.9. The lowest BCUT2D eigenvalue weighted by Crippen LogP contribution is -2.12. The number of rotatable bonds is 7. The lowest BCUT2D eigenvalue weighted by atomic mass is 10.1. The van der Waals surface area contributed by atoms with Crippen molar-refractivity contribution in [2.24, 2.45) is 0 Å². The maximum absolute atomic E-state index is 13.8. The number of nitrogens with one attached hydrogen (secondary N) is 2. The number of halogens is 1. The molecule has 5 aromatic rings. The van der Waals surface area contributed by atoms with E-state index in [-0.39, 0.29) is 5.69 Å². The molecule has 2 heterocycles. The highest BCUT2D eigenvalue weighted by Crippen LogP contribution is 2.30. The van der Waals surface area contributed by atoms with Gasteiger partial charge in [-0.25, -0.2) is 19.3 Å². The number of carbonyl (C=O) groups is 1. The van der Waals surface area contributed by atoms with E-state index in [1.54, 1.807) is 42.6 Å². The third-order valence-electron chi connectivity index (χ3n) is 5.87. The molecule has 0 unspecified atom stereocenters. The lowest BCUT2D eigenvalue weighted by Gasteiger charge is -2.14. The van der Waals surface area contributed by atoms with Crippen LogP contribution in [0, 0.1) is 12.7 Å². The maximum atomic E-state index is 13.8. The molecule has 0 atom stereocenters. The van der Waals surface area contributed by atoms with Crippen LogP contribution in [0.25, 0.3) is 10.9 Å². The Hall–Kier alpha value is -5.05. The fourth-order valence-electron chi connectivity index (χ4n) is 3.83. The van der Waals surface area contributed by atoms with E-state index in [0.29, 0.717) is 22.9 Å². The normalized spacial score (nSPS) is 10.7. The van der Waals surface area contributed by atoms with Crippen LogP contribution < -0.4 is 20.3 Å². The van der Waals surface area contributed by atoms with E-state index >= 15 is 0 Å². The average Bonchev–Trinajstić information content (AvgIpc) is 2.92.